The van der Waals surface area contributed by atoms with Crippen LogP contribution in [-0.2, 0) is 4.79 Å². The van der Waals surface area contributed by atoms with Crippen molar-refractivity contribution in [2.75, 3.05) is 5.32 Å². The Balaban J connectivity index is 1.45. The number of nitrogens with zero attached hydrogens (tertiary/aromatic N) is 7. The quantitative estimate of drug-likeness (QED) is 0.325. The maximum atomic E-state index is 16.0. The summed E-state index contributed by atoms with van der Waals surface area (Å²) in [4.78, 5) is 37.1. The number of anilines is 1. The smallest absolute Gasteiger partial charge is 0.226 e. The zero-order valence-electron chi connectivity index (χ0n) is 20.1. The van der Waals surface area contributed by atoms with Gasteiger partial charge in [0.05, 0.1) is 35.0 Å². The maximum absolute atomic E-state index is 16.0. The number of halogens is 1. The molecule has 0 spiro atoms. The molecule has 0 fully saturated rings. The van der Waals surface area contributed by atoms with E-state index in [9.17, 15) is 4.79 Å². The average Bonchev–Trinajstić information content (AvgIpc) is 3.62. The fourth-order valence-electron chi connectivity index (χ4n) is 4.04. The van der Waals surface area contributed by atoms with Gasteiger partial charge in [-0.15, -0.1) is 0 Å². The van der Waals surface area contributed by atoms with Gasteiger partial charge >= 0.3 is 0 Å². The molecule has 0 aliphatic heterocycles. The van der Waals surface area contributed by atoms with Gasteiger partial charge in [-0.2, -0.15) is 5.10 Å². The first-order chi connectivity index (χ1) is 17.9. The van der Waals surface area contributed by atoms with Crippen molar-refractivity contribution in [2.24, 2.45) is 5.92 Å². The molecule has 6 aromatic heterocycles. The number of H-pyrrole nitrogens is 2. The Labute approximate surface area is 209 Å². The van der Waals surface area contributed by atoms with Gasteiger partial charge < -0.3 is 14.9 Å². The van der Waals surface area contributed by atoms with Crippen LogP contribution in [0, 0.1) is 18.7 Å². The van der Waals surface area contributed by atoms with Crippen molar-refractivity contribution >= 4 is 33.8 Å². The number of hydrogen-bond donors (Lipinski definition) is 3. The molecule has 0 bridgehead atoms. The molecule has 6 heterocycles. The second kappa shape index (κ2) is 8.59. The van der Waals surface area contributed by atoms with E-state index < -0.39 is 5.82 Å². The Kier molecular flexibility index (Phi) is 5.21. The van der Waals surface area contributed by atoms with Gasteiger partial charge in [-0.1, -0.05) is 13.8 Å². The van der Waals surface area contributed by atoms with E-state index in [1.807, 2.05) is 23.8 Å². The van der Waals surface area contributed by atoms with E-state index in [0.717, 1.165) is 11.4 Å². The molecule has 184 valence electrons. The van der Waals surface area contributed by atoms with Crippen LogP contribution in [0.4, 0.5) is 10.1 Å². The van der Waals surface area contributed by atoms with Crippen molar-refractivity contribution in [3.63, 3.8) is 0 Å². The molecule has 0 radical (unpaired) electrons. The number of fused-ring (bicyclic) bond motifs is 2. The number of pyridine rings is 3. The molecule has 1 amide bonds. The highest BCUT2D eigenvalue weighted by molar-refractivity contribution is 5.95. The van der Waals surface area contributed by atoms with Gasteiger partial charge in [0.15, 0.2) is 17.1 Å². The Morgan fingerprint density at radius 3 is 2.78 bits per heavy atom. The van der Waals surface area contributed by atoms with Gasteiger partial charge in [-0.3, -0.25) is 14.9 Å². The van der Waals surface area contributed by atoms with Crippen LogP contribution in [0.2, 0.25) is 0 Å². The summed E-state index contributed by atoms with van der Waals surface area (Å²) in [6.45, 7) is 5.48. The fourth-order valence-corrected chi connectivity index (χ4v) is 4.04. The molecular weight excluding hydrogens is 475 g/mol. The molecule has 6 aromatic rings. The van der Waals surface area contributed by atoms with Crippen LogP contribution in [0.5, 0.6) is 0 Å². The van der Waals surface area contributed by atoms with Crippen LogP contribution in [-0.4, -0.2) is 50.6 Å². The average molecular weight is 497 g/mol. The Hall–Kier alpha value is -5.00. The molecule has 0 aliphatic rings. The zero-order chi connectivity index (χ0) is 25.7. The normalized spacial score (nSPS) is 11.6. The van der Waals surface area contributed by atoms with E-state index in [2.05, 4.69) is 40.4 Å². The Morgan fingerprint density at radius 1 is 1.14 bits per heavy atom. The molecule has 0 saturated heterocycles. The van der Waals surface area contributed by atoms with Crippen LogP contribution in [0.15, 0.2) is 49.4 Å². The fraction of sp³-hybridized carbons (Fsp3) is 0.160. The van der Waals surface area contributed by atoms with Gasteiger partial charge in [0, 0.05) is 41.8 Å². The van der Waals surface area contributed by atoms with Crippen LogP contribution in [0.25, 0.3) is 50.5 Å². The molecule has 0 atom stereocenters. The van der Waals surface area contributed by atoms with Gasteiger partial charge in [0.2, 0.25) is 5.91 Å². The SMILES string of the molecule is Cc1cn(-c2ccnc3[nH]c(-c4n[nH]c5ncc(-c6cncc(NC(=O)C(C)C)c6)c(F)c45)nc23)cn1. The van der Waals surface area contributed by atoms with Crippen LogP contribution in [0.3, 0.4) is 0 Å². The summed E-state index contributed by atoms with van der Waals surface area (Å²) in [6, 6.07) is 3.48. The second-order valence-electron chi connectivity index (χ2n) is 8.92. The highest BCUT2D eigenvalue weighted by Crippen LogP contribution is 2.33. The van der Waals surface area contributed by atoms with E-state index in [1.54, 1.807) is 32.4 Å². The molecule has 6 rings (SSSR count). The molecule has 0 saturated carbocycles. The van der Waals surface area contributed by atoms with E-state index in [4.69, 9.17) is 4.98 Å². The van der Waals surface area contributed by atoms with Crippen LogP contribution < -0.4 is 5.32 Å². The maximum Gasteiger partial charge on any atom is 0.226 e. The molecule has 11 nitrogen and oxygen atoms in total. The third-order valence-electron chi connectivity index (χ3n) is 5.94. The topological polar surface area (TPSA) is 143 Å². The summed E-state index contributed by atoms with van der Waals surface area (Å²) in [6.07, 6.45) is 9.68. The molecule has 12 heteroatoms. The molecular formula is C25H21FN10O. The van der Waals surface area contributed by atoms with Gasteiger partial charge in [-0.25, -0.2) is 24.3 Å². The monoisotopic (exact) mass is 496 g/mol. The number of rotatable bonds is 5. The third-order valence-corrected chi connectivity index (χ3v) is 5.94. The summed E-state index contributed by atoms with van der Waals surface area (Å²) in [7, 11) is 0. The second-order valence-corrected chi connectivity index (χ2v) is 8.92. The lowest BCUT2D eigenvalue weighted by molar-refractivity contribution is -0.118. The standard InChI is InChI=1S/C25H21FN10O/c1-12(2)25(37)31-15-6-14(7-27-8-15)16-9-29-22-18(19(16)26)21(34-35-22)24-32-20-17(4-5-28-23(20)33-24)36-10-13(3)30-11-36/h4-12H,1-3H3,(H,31,37)(H,28,32,33)(H,29,34,35). The minimum absolute atomic E-state index is 0.158. The first kappa shape index (κ1) is 22.5. The Bertz CT molecular complexity index is 1800. The van der Waals surface area contributed by atoms with Gasteiger partial charge in [-0.05, 0) is 19.1 Å². The van der Waals surface area contributed by atoms with Crippen molar-refractivity contribution < 1.29 is 9.18 Å². The molecule has 0 aromatic carbocycles. The van der Waals surface area contributed by atoms with E-state index in [1.165, 1.54) is 18.6 Å². The van der Waals surface area contributed by atoms with Crippen molar-refractivity contribution in [3.05, 3.63) is 61.0 Å². The summed E-state index contributed by atoms with van der Waals surface area (Å²) < 4.78 is 17.8. The van der Waals surface area contributed by atoms with E-state index in [0.29, 0.717) is 28.2 Å². The van der Waals surface area contributed by atoms with E-state index >= 15 is 4.39 Å². The van der Waals surface area contributed by atoms with Gasteiger partial charge in [0.25, 0.3) is 0 Å². The van der Waals surface area contributed by atoms with Gasteiger partial charge in [0.1, 0.15) is 17.0 Å². The lowest BCUT2D eigenvalue weighted by atomic mass is 10.1. The largest absolute Gasteiger partial charge is 0.324 e. The highest BCUT2D eigenvalue weighted by atomic mass is 19.1. The Morgan fingerprint density at radius 2 is 2.00 bits per heavy atom. The number of aromatic nitrogens is 9. The molecule has 0 unspecified atom stereocenters. The summed E-state index contributed by atoms with van der Waals surface area (Å²) in [5.74, 6) is -0.564. The predicted molar refractivity (Wildman–Crippen MR) is 135 cm³/mol. The minimum atomic E-state index is -0.540. The number of hydrogen-bond acceptors (Lipinski definition) is 7. The lowest BCUT2D eigenvalue weighted by Crippen LogP contribution is -2.17. The summed E-state index contributed by atoms with van der Waals surface area (Å²) in [5.41, 5.74) is 4.44. The highest BCUT2D eigenvalue weighted by Gasteiger charge is 2.22. The first-order valence-corrected chi connectivity index (χ1v) is 11.5. The predicted octanol–water partition coefficient (Wildman–Crippen LogP) is 4.19. The lowest BCUT2D eigenvalue weighted by Gasteiger charge is -2.09. The number of aromatic amines is 2. The third kappa shape index (κ3) is 3.88. The number of nitrogens with one attached hydrogen (secondary N) is 3. The number of carbonyl (C=O) groups excluding carboxylic acids is 1. The van der Waals surface area contributed by atoms with E-state index in [-0.39, 0.29) is 34.1 Å². The summed E-state index contributed by atoms with van der Waals surface area (Å²) in [5, 5.41) is 10.0. The zero-order valence-corrected chi connectivity index (χ0v) is 20.1. The number of imidazole rings is 2. The number of amides is 1. The van der Waals surface area contributed by atoms with Crippen molar-refractivity contribution in [3.8, 4) is 28.3 Å². The van der Waals surface area contributed by atoms with Crippen LogP contribution in [0.1, 0.15) is 19.5 Å². The number of aryl methyl sites for hydroxylation is 1. The van der Waals surface area contributed by atoms with Crippen molar-refractivity contribution in [2.45, 2.75) is 20.8 Å². The number of carbonyl (C=O) groups is 1. The van der Waals surface area contributed by atoms with Crippen LogP contribution >= 0.6 is 0 Å². The van der Waals surface area contributed by atoms with Crippen molar-refractivity contribution in [1.29, 1.82) is 0 Å². The minimum Gasteiger partial charge on any atom is -0.324 e. The molecule has 3 N–H and O–H groups in total. The molecule has 0 aliphatic carbocycles. The first-order valence-electron chi connectivity index (χ1n) is 11.5. The van der Waals surface area contributed by atoms with Crippen molar-refractivity contribution in [1.82, 2.24) is 44.7 Å². The summed E-state index contributed by atoms with van der Waals surface area (Å²) >= 11 is 0. The molecule has 37 heavy (non-hydrogen) atoms.